The van der Waals surface area contributed by atoms with E-state index in [2.05, 4.69) is 5.32 Å². The minimum Gasteiger partial charge on any atom is -0.444 e. The van der Waals surface area contributed by atoms with Crippen molar-refractivity contribution < 1.29 is 23.9 Å². The van der Waals surface area contributed by atoms with Gasteiger partial charge < -0.3 is 25.4 Å². The number of anilines is 2. The quantitative estimate of drug-likeness (QED) is 0.244. The second-order valence-electron chi connectivity index (χ2n) is 7.75. The molecular formula is C24H28N4O5. The van der Waals surface area contributed by atoms with Crippen molar-refractivity contribution in [3.05, 3.63) is 54.1 Å². The molecule has 1 unspecified atom stereocenters. The summed E-state index contributed by atoms with van der Waals surface area (Å²) >= 11 is 0. The molecule has 174 valence electrons. The van der Waals surface area contributed by atoms with Crippen molar-refractivity contribution in [3.63, 3.8) is 0 Å². The van der Waals surface area contributed by atoms with Gasteiger partial charge in [-0.25, -0.2) is 0 Å². The number of amidine groups is 1. The van der Waals surface area contributed by atoms with Crippen LogP contribution in [0.5, 0.6) is 5.75 Å². The van der Waals surface area contributed by atoms with Crippen LogP contribution in [0, 0.1) is 5.41 Å². The summed E-state index contributed by atoms with van der Waals surface area (Å²) in [5.74, 6) is -3.14. The zero-order valence-corrected chi connectivity index (χ0v) is 18.7. The molecule has 1 fully saturated rings. The Hall–Kier alpha value is -3.88. The molecule has 1 saturated heterocycles. The van der Waals surface area contributed by atoms with Gasteiger partial charge in [-0.3, -0.25) is 19.8 Å². The van der Waals surface area contributed by atoms with Gasteiger partial charge in [-0.1, -0.05) is 19.1 Å². The summed E-state index contributed by atoms with van der Waals surface area (Å²) in [5, 5.41) is 10.3. The number of benzene rings is 2. The van der Waals surface area contributed by atoms with Gasteiger partial charge in [-0.2, -0.15) is 0 Å². The van der Waals surface area contributed by atoms with Crippen molar-refractivity contribution in [2.45, 2.75) is 45.3 Å². The molecule has 3 rings (SSSR count). The molecule has 1 heterocycles. The smallest absolute Gasteiger partial charge is 0.334 e. The maximum atomic E-state index is 13.2. The van der Waals surface area contributed by atoms with Crippen LogP contribution in [0.4, 0.5) is 11.4 Å². The van der Waals surface area contributed by atoms with Crippen LogP contribution in [-0.2, 0) is 19.1 Å². The number of nitrogens with zero attached hydrogens (tertiary/aromatic N) is 1. The molecule has 0 radical (unpaired) electrons. The highest BCUT2D eigenvalue weighted by molar-refractivity contribution is 5.99. The van der Waals surface area contributed by atoms with Crippen LogP contribution >= 0.6 is 0 Å². The predicted octanol–water partition coefficient (Wildman–Crippen LogP) is 3.17. The zero-order valence-electron chi connectivity index (χ0n) is 18.7. The Balaban J connectivity index is 1.81. The van der Waals surface area contributed by atoms with Crippen LogP contribution in [0.2, 0.25) is 0 Å². The van der Waals surface area contributed by atoms with E-state index >= 15 is 0 Å². The van der Waals surface area contributed by atoms with Gasteiger partial charge in [0.05, 0.1) is 0 Å². The molecule has 1 atom stereocenters. The number of nitrogens with one attached hydrogen (secondary N) is 2. The molecule has 0 saturated carbocycles. The number of hydrogen-bond donors (Lipinski definition) is 3. The molecule has 0 bridgehead atoms. The molecule has 33 heavy (non-hydrogen) atoms. The van der Waals surface area contributed by atoms with Gasteiger partial charge >= 0.3 is 17.7 Å². The third-order valence-electron chi connectivity index (χ3n) is 5.31. The van der Waals surface area contributed by atoms with Gasteiger partial charge in [0, 0.05) is 43.2 Å². The van der Waals surface area contributed by atoms with E-state index in [0.717, 1.165) is 18.5 Å². The minimum absolute atomic E-state index is 0.0308. The van der Waals surface area contributed by atoms with Crippen LogP contribution in [0.1, 0.15) is 45.1 Å². The summed E-state index contributed by atoms with van der Waals surface area (Å²) in [5.41, 5.74) is 7.16. The van der Waals surface area contributed by atoms with Gasteiger partial charge in [0.15, 0.2) is 0 Å². The number of piperidine rings is 1. The molecular weight excluding hydrogens is 424 g/mol. The van der Waals surface area contributed by atoms with Gasteiger partial charge in [0.25, 0.3) is 0 Å². The van der Waals surface area contributed by atoms with Crippen molar-refractivity contribution in [3.8, 4) is 5.75 Å². The zero-order chi connectivity index (χ0) is 24.0. The van der Waals surface area contributed by atoms with Crippen molar-refractivity contribution in [2.75, 3.05) is 16.8 Å². The van der Waals surface area contributed by atoms with E-state index in [9.17, 15) is 14.4 Å². The Kier molecular flexibility index (Phi) is 7.32. The summed E-state index contributed by atoms with van der Waals surface area (Å²) < 4.78 is 11.2. The Morgan fingerprint density at radius 1 is 1.18 bits per heavy atom. The lowest BCUT2D eigenvalue weighted by Gasteiger charge is -2.31. The van der Waals surface area contributed by atoms with Crippen molar-refractivity contribution >= 4 is 35.0 Å². The van der Waals surface area contributed by atoms with E-state index in [4.69, 9.17) is 20.6 Å². The number of carbonyl (C=O) groups is 3. The van der Waals surface area contributed by atoms with E-state index in [1.807, 2.05) is 0 Å². The molecule has 0 aliphatic carbocycles. The maximum Gasteiger partial charge on any atom is 0.334 e. The SMILES string of the molecule is CCC(OC(C)=O)(Oc1cccc(C(=N)N)c1)C(=O)Nc1ccc(N2CCCCC2=O)cc1. The minimum atomic E-state index is -1.93. The lowest BCUT2D eigenvalue weighted by molar-refractivity contribution is -0.198. The third kappa shape index (κ3) is 5.68. The molecule has 2 aromatic rings. The topological polar surface area (TPSA) is 135 Å². The summed E-state index contributed by atoms with van der Waals surface area (Å²) in [6.45, 7) is 3.52. The highest BCUT2D eigenvalue weighted by Gasteiger charge is 2.43. The fourth-order valence-electron chi connectivity index (χ4n) is 3.60. The summed E-state index contributed by atoms with van der Waals surface area (Å²) in [6.07, 6.45) is 2.41. The van der Waals surface area contributed by atoms with Crippen LogP contribution < -0.4 is 20.7 Å². The van der Waals surface area contributed by atoms with Crippen molar-refractivity contribution in [1.29, 1.82) is 5.41 Å². The number of nitrogen functional groups attached to an aromatic ring is 1. The second-order valence-corrected chi connectivity index (χ2v) is 7.75. The van der Waals surface area contributed by atoms with Gasteiger partial charge in [0.1, 0.15) is 11.6 Å². The van der Waals surface area contributed by atoms with Gasteiger partial charge in [-0.05, 0) is 49.2 Å². The fourth-order valence-corrected chi connectivity index (χ4v) is 3.60. The van der Waals surface area contributed by atoms with Gasteiger partial charge in [-0.15, -0.1) is 0 Å². The summed E-state index contributed by atoms with van der Waals surface area (Å²) in [4.78, 5) is 38.9. The van der Waals surface area contributed by atoms with E-state index in [-0.39, 0.29) is 23.9 Å². The Bertz CT molecular complexity index is 1050. The third-order valence-corrected chi connectivity index (χ3v) is 5.31. The molecule has 2 amide bonds. The molecule has 4 N–H and O–H groups in total. The fraction of sp³-hybridized carbons (Fsp3) is 0.333. The highest BCUT2D eigenvalue weighted by atomic mass is 16.7. The molecule has 9 nitrogen and oxygen atoms in total. The first-order valence-electron chi connectivity index (χ1n) is 10.8. The van der Waals surface area contributed by atoms with Crippen LogP contribution in [0.15, 0.2) is 48.5 Å². The number of carbonyl (C=O) groups excluding carboxylic acids is 3. The lowest BCUT2D eigenvalue weighted by atomic mass is 10.1. The largest absolute Gasteiger partial charge is 0.444 e. The average Bonchev–Trinajstić information content (AvgIpc) is 2.79. The monoisotopic (exact) mass is 452 g/mol. The normalized spacial score (nSPS) is 15.3. The lowest BCUT2D eigenvalue weighted by Crippen LogP contribution is -2.51. The summed E-state index contributed by atoms with van der Waals surface area (Å²) in [7, 11) is 0. The Labute approximate surface area is 192 Å². The van der Waals surface area contributed by atoms with Crippen molar-refractivity contribution in [1.82, 2.24) is 0 Å². The van der Waals surface area contributed by atoms with Crippen molar-refractivity contribution in [2.24, 2.45) is 5.73 Å². The average molecular weight is 453 g/mol. The Morgan fingerprint density at radius 3 is 2.52 bits per heavy atom. The van der Waals surface area contributed by atoms with Gasteiger partial charge in [0.2, 0.25) is 5.91 Å². The molecule has 1 aliphatic heterocycles. The first-order valence-corrected chi connectivity index (χ1v) is 10.8. The second kappa shape index (κ2) is 10.2. The van der Waals surface area contributed by atoms with Crippen LogP contribution in [-0.4, -0.2) is 36.0 Å². The van der Waals surface area contributed by atoms with E-state index in [0.29, 0.717) is 24.2 Å². The first-order chi connectivity index (χ1) is 15.7. The number of hydrogen-bond acceptors (Lipinski definition) is 6. The number of amides is 2. The molecule has 0 aromatic heterocycles. The molecule has 0 spiro atoms. The van der Waals surface area contributed by atoms with E-state index in [1.54, 1.807) is 54.3 Å². The number of esters is 1. The predicted molar refractivity (Wildman–Crippen MR) is 124 cm³/mol. The standard InChI is InChI=1S/C24H28N4O5/c1-3-24(32-16(2)29,33-20-8-6-7-17(15-20)22(25)26)23(31)27-18-10-12-19(13-11-18)28-14-5-4-9-21(28)30/h6-8,10-13,15H,3-5,9,14H2,1-2H3,(H3,25,26)(H,27,31). The van der Waals surface area contributed by atoms with E-state index in [1.165, 1.54) is 13.0 Å². The van der Waals surface area contributed by atoms with Crippen LogP contribution in [0.25, 0.3) is 0 Å². The first kappa shape index (κ1) is 23.8. The number of rotatable bonds is 8. The Morgan fingerprint density at radius 2 is 1.91 bits per heavy atom. The molecule has 1 aliphatic rings. The molecule has 2 aromatic carbocycles. The maximum absolute atomic E-state index is 13.2. The van der Waals surface area contributed by atoms with Crippen LogP contribution in [0.3, 0.4) is 0 Å². The van der Waals surface area contributed by atoms with E-state index < -0.39 is 17.7 Å². The molecule has 9 heteroatoms. The summed E-state index contributed by atoms with van der Waals surface area (Å²) in [6, 6.07) is 13.2. The highest BCUT2D eigenvalue weighted by Crippen LogP contribution is 2.27. The number of ether oxygens (including phenoxy) is 2. The number of nitrogens with two attached hydrogens (primary N) is 1.